The molecule has 0 saturated heterocycles. The fraction of sp³-hybridized carbons (Fsp3) is 0.188. The van der Waals surface area contributed by atoms with Gasteiger partial charge in [0.1, 0.15) is 0 Å². The van der Waals surface area contributed by atoms with Gasteiger partial charge in [-0.05, 0) is 29.5 Å². The number of carbonyl (C=O) groups is 2. The summed E-state index contributed by atoms with van der Waals surface area (Å²) in [6.07, 6.45) is 3.09. The summed E-state index contributed by atoms with van der Waals surface area (Å²) >= 11 is 5.35. The summed E-state index contributed by atoms with van der Waals surface area (Å²) in [7, 11) is 0. The van der Waals surface area contributed by atoms with Gasteiger partial charge in [0.2, 0.25) is 5.91 Å². The molecule has 0 aliphatic rings. The SMILES string of the molecule is O=C(CNCl)N[C@H](CNC(=O)c1cccnc1)c1ccccc1. The Bertz CT molecular complexity index is 637. The average Bonchev–Trinajstić information content (AvgIpc) is 2.60. The van der Waals surface area contributed by atoms with E-state index >= 15 is 0 Å². The molecule has 2 amide bonds. The molecule has 0 fully saturated rings. The topological polar surface area (TPSA) is 83.1 Å². The summed E-state index contributed by atoms with van der Waals surface area (Å²) in [6, 6.07) is 12.4. The Morgan fingerprint density at radius 3 is 2.57 bits per heavy atom. The molecule has 7 heteroatoms. The third-order valence-corrected chi connectivity index (χ3v) is 3.29. The molecule has 0 spiro atoms. The van der Waals surface area contributed by atoms with E-state index < -0.39 is 0 Å². The van der Waals surface area contributed by atoms with Crippen LogP contribution in [0.3, 0.4) is 0 Å². The molecule has 23 heavy (non-hydrogen) atoms. The minimum Gasteiger partial charge on any atom is -0.350 e. The fourth-order valence-electron chi connectivity index (χ4n) is 2.04. The molecule has 1 aromatic carbocycles. The first-order valence-corrected chi connectivity index (χ1v) is 7.44. The highest BCUT2D eigenvalue weighted by Crippen LogP contribution is 2.11. The van der Waals surface area contributed by atoms with Crippen LogP contribution in [-0.4, -0.2) is 29.9 Å². The van der Waals surface area contributed by atoms with Gasteiger partial charge < -0.3 is 10.6 Å². The average molecular weight is 333 g/mol. The summed E-state index contributed by atoms with van der Waals surface area (Å²) < 4.78 is 0. The number of halogens is 1. The molecule has 2 aromatic rings. The molecule has 1 heterocycles. The Balaban J connectivity index is 2.03. The number of amides is 2. The Morgan fingerprint density at radius 2 is 1.91 bits per heavy atom. The van der Waals surface area contributed by atoms with Crippen molar-refractivity contribution < 1.29 is 9.59 Å². The summed E-state index contributed by atoms with van der Waals surface area (Å²) in [5, 5.41) is 5.62. The first kappa shape index (κ1) is 16.9. The Kier molecular flexibility index (Phi) is 6.53. The molecule has 6 nitrogen and oxygen atoms in total. The van der Waals surface area contributed by atoms with Crippen molar-refractivity contribution in [2.45, 2.75) is 6.04 Å². The lowest BCUT2D eigenvalue weighted by Gasteiger charge is -2.19. The van der Waals surface area contributed by atoms with E-state index in [1.165, 1.54) is 6.20 Å². The Hall–Kier alpha value is -2.44. The minimum absolute atomic E-state index is 0.0125. The van der Waals surface area contributed by atoms with Crippen LogP contribution < -0.4 is 15.5 Å². The lowest BCUT2D eigenvalue weighted by Crippen LogP contribution is -2.40. The normalized spacial score (nSPS) is 11.5. The number of nitrogens with zero attached hydrogens (tertiary/aromatic N) is 1. The van der Waals surface area contributed by atoms with Crippen molar-refractivity contribution >= 4 is 23.6 Å². The third kappa shape index (κ3) is 5.36. The number of nitrogens with one attached hydrogen (secondary N) is 3. The molecule has 0 aliphatic carbocycles. The van der Waals surface area contributed by atoms with E-state index in [1.54, 1.807) is 18.3 Å². The predicted molar refractivity (Wildman–Crippen MR) is 87.8 cm³/mol. The van der Waals surface area contributed by atoms with Gasteiger partial charge in [0.05, 0.1) is 18.2 Å². The van der Waals surface area contributed by atoms with Gasteiger partial charge in [-0.3, -0.25) is 14.6 Å². The van der Waals surface area contributed by atoms with Gasteiger partial charge in [0, 0.05) is 18.9 Å². The summed E-state index contributed by atoms with van der Waals surface area (Å²) in [5.74, 6) is -0.506. The van der Waals surface area contributed by atoms with Gasteiger partial charge in [0.15, 0.2) is 0 Å². The van der Waals surface area contributed by atoms with Gasteiger partial charge in [-0.1, -0.05) is 30.3 Å². The third-order valence-electron chi connectivity index (χ3n) is 3.16. The minimum atomic E-state index is -0.352. The van der Waals surface area contributed by atoms with E-state index in [0.717, 1.165) is 5.56 Å². The van der Waals surface area contributed by atoms with E-state index in [2.05, 4.69) is 20.5 Å². The fourth-order valence-corrected chi connectivity index (χ4v) is 2.16. The number of rotatable bonds is 7. The van der Waals surface area contributed by atoms with Crippen LogP contribution in [0.5, 0.6) is 0 Å². The molecular weight excluding hydrogens is 316 g/mol. The zero-order valence-electron chi connectivity index (χ0n) is 12.3. The smallest absolute Gasteiger partial charge is 0.252 e. The molecule has 120 valence electrons. The van der Waals surface area contributed by atoms with Gasteiger partial charge in [0.25, 0.3) is 5.91 Å². The number of pyridine rings is 1. The number of aromatic nitrogens is 1. The maximum Gasteiger partial charge on any atom is 0.252 e. The summed E-state index contributed by atoms with van der Waals surface area (Å²) in [6.45, 7) is 0.243. The van der Waals surface area contributed by atoms with Crippen LogP contribution in [0.1, 0.15) is 22.0 Å². The Morgan fingerprint density at radius 1 is 1.13 bits per heavy atom. The highest BCUT2D eigenvalue weighted by Gasteiger charge is 2.16. The molecule has 0 unspecified atom stereocenters. The van der Waals surface area contributed by atoms with Crippen LogP contribution in [0.2, 0.25) is 0 Å². The van der Waals surface area contributed by atoms with E-state index in [4.69, 9.17) is 11.8 Å². The van der Waals surface area contributed by atoms with Crippen molar-refractivity contribution in [1.82, 2.24) is 20.5 Å². The monoisotopic (exact) mass is 332 g/mol. The first-order valence-electron chi connectivity index (χ1n) is 7.06. The zero-order valence-corrected chi connectivity index (χ0v) is 13.1. The van der Waals surface area contributed by atoms with Gasteiger partial charge in [-0.25, -0.2) is 4.84 Å². The van der Waals surface area contributed by atoms with Crippen molar-refractivity contribution in [2.75, 3.05) is 13.1 Å². The van der Waals surface area contributed by atoms with Crippen LogP contribution in [0.25, 0.3) is 0 Å². The standard InChI is InChI=1S/C16H17ClN4O2/c17-20-11-15(22)21-14(12-5-2-1-3-6-12)10-19-16(23)13-7-4-8-18-9-13/h1-9,14,20H,10-11H2,(H,19,23)(H,21,22)/t14-/m1/s1. The quantitative estimate of drug-likeness (QED) is 0.669. The maximum atomic E-state index is 12.1. The maximum absolute atomic E-state index is 12.1. The number of hydrogen-bond donors (Lipinski definition) is 3. The van der Waals surface area contributed by atoms with Crippen molar-refractivity contribution in [3.63, 3.8) is 0 Å². The van der Waals surface area contributed by atoms with Gasteiger partial charge in [-0.15, -0.1) is 0 Å². The molecule has 1 aromatic heterocycles. The van der Waals surface area contributed by atoms with Crippen LogP contribution in [-0.2, 0) is 4.79 Å². The van der Waals surface area contributed by atoms with Gasteiger partial charge in [-0.2, -0.15) is 0 Å². The second kappa shape index (κ2) is 8.87. The molecule has 0 aliphatic heterocycles. The molecule has 2 rings (SSSR count). The highest BCUT2D eigenvalue weighted by molar-refractivity contribution is 6.14. The molecular formula is C16H17ClN4O2. The Labute approximate surface area is 139 Å². The molecule has 0 bridgehead atoms. The number of benzene rings is 1. The van der Waals surface area contributed by atoms with E-state index in [0.29, 0.717) is 5.56 Å². The number of carbonyl (C=O) groups excluding carboxylic acids is 2. The first-order chi connectivity index (χ1) is 11.2. The molecule has 0 saturated carbocycles. The number of hydrogen-bond acceptors (Lipinski definition) is 4. The molecule has 1 atom stereocenters. The van der Waals surface area contributed by atoms with E-state index in [-0.39, 0.29) is 30.9 Å². The molecule has 3 N–H and O–H groups in total. The second-order valence-corrected chi connectivity index (χ2v) is 5.06. The second-order valence-electron chi connectivity index (χ2n) is 4.79. The lowest BCUT2D eigenvalue weighted by molar-refractivity contribution is -0.120. The van der Waals surface area contributed by atoms with Crippen LogP contribution in [0.4, 0.5) is 0 Å². The summed E-state index contributed by atoms with van der Waals surface area (Å²) in [5.41, 5.74) is 1.36. The van der Waals surface area contributed by atoms with Crippen LogP contribution >= 0.6 is 11.8 Å². The van der Waals surface area contributed by atoms with E-state index in [9.17, 15) is 9.59 Å². The van der Waals surface area contributed by atoms with Crippen LogP contribution in [0, 0.1) is 0 Å². The van der Waals surface area contributed by atoms with Gasteiger partial charge >= 0.3 is 0 Å². The lowest BCUT2D eigenvalue weighted by atomic mass is 10.1. The van der Waals surface area contributed by atoms with Crippen molar-refractivity contribution in [2.24, 2.45) is 0 Å². The van der Waals surface area contributed by atoms with Crippen molar-refractivity contribution in [3.05, 3.63) is 66.0 Å². The van der Waals surface area contributed by atoms with Crippen molar-refractivity contribution in [3.8, 4) is 0 Å². The zero-order chi connectivity index (χ0) is 16.5. The van der Waals surface area contributed by atoms with E-state index in [1.807, 2.05) is 30.3 Å². The molecule has 0 radical (unpaired) electrons. The highest BCUT2D eigenvalue weighted by atomic mass is 35.5. The summed E-state index contributed by atoms with van der Waals surface area (Å²) in [4.78, 5) is 30.0. The van der Waals surface area contributed by atoms with Crippen LogP contribution in [0.15, 0.2) is 54.9 Å². The largest absolute Gasteiger partial charge is 0.350 e. The predicted octanol–water partition coefficient (Wildman–Crippen LogP) is 1.41. The van der Waals surface area contributed by atoms with Crippen molar-refractivity contribution in [1.29, 1.82) is 0 Å².